The Morgan fingerprint density at radius 1 is 1.35 bits per heavy atom. The van der Waals surface area contributed by atoms with Crippen LogP contribution < -0.4 is 10.6 Å². The molecule has 1 amide bonds. The highest BCUT2D eigenvalue weighted by molar-refractivity contribution is 6.30. The number of amides is 1. The summed E-state index contributed by atoms with van der Waals surface area (Å²) < 4.78 is 0. The van der Waals surface area contributed by atoms with Gasteiger partial charge in [0.25, 0.3) is 0 Å². The predicted molar refractivity (Wildman–Crippen MR) is 82.8 cm³/mol. The standard InChI is InChI=1S/C16H23ClN2O/c1-3-16(8-10-18-11-9-16)15(20)19-12(2)13-4-6-14(17)7-5-13/h4-7,12,18H,3,8-11H2,1-2H3,(H,19,20)/t12-/m1/s1. The molecule has 0 aliphatic carbocycles. The van der Waals surface area contributed by atoms with E-state index in [0.717, 1.165) is 42.9 Å². The largest absolute Gasteiger partial charge is 0.349 e. The van der Waals surface area contributed by atoms with Crippen molar-refractivity contribution in [1.29, 1.82) is 0 Å². The maximum Gasteiger partial charge on any atom is 0.226 e. The molecule has 1 aliphatic rings. The van der Waals surface area contributed by atoms with Crippen LogP contribution >= 0.6 is 11.6 Å². The number of benzene rings is 1. The Kier molecular flexibility index (Phi) is 5.06. The average molecular weight is 295 g/mol. The number of carbonyl (C=O) groups excluding carboxylic acids is 1. The maximum atomic E-state index is 12.6. The monoisotopic (exact) mass is 294 g/mol. The fourth-order valence-electron chi connectivity index (χ4n) is 2.83. The lowest BCUT2D eigenvalue weighted by atomic mass is 9.75. The van der Waals surface area contributed by atoms with Gasteiger partial charge in [-0.05, 0) is 57.0 Å². The van der Waals surface area contributed by atoms with Crippen molar-refractivity contribution < 1.29 is 4.79 Å². The Morgan fingerprint density at radius 2 is 1.95 bits per heavy atom. The van der Waals surface area contributed by atoms with E-state index in [4.69, 9.17) is 11.6 Å². The molecule has 1 aromatic carbocycles. The summed E-state index contributed by atoms with van der Waals surface area (Å²) in [6.45, 7) is 5.98. The normalized spacial score (nSPS) is 19.4. The van der Waals surface area contributed by atoms with Crippen LogP contribution in [0.3, 0.4) is 0 Å². The van der Waals surface area contributed by atoms with E-state index >= 15 is 0 Å². The molecule has 3 nitrogen and oxygen atoms in total. The Morgan fingerprint density at radius 3 is 2.50 bits per heavy atom. The van der Waals surface area contributed by atoms with Crippen LogP contribution in [0.15, 0.2) is 24.3 Å². The van der Waals surface area contributed by atoms with Gasteiger partial charge in [0.1, 0.15) is 0 Å². The zero-order valence-electron chi connectivity index (χ0n) is 12.2. The summed E-state index contributed by atoms with van der Waals surface area (Å²) in [6.07, 6.45) is 2.74. The lowest BCUT2D eigenvalue weighted by Crippen LogP contribution is -2.47. The topological polar surface area (TPSA) is 41.1 Å². The highest BCUT2D eigenvalue weighted by atomic mass is 35.5. The van der Waals surface area contributed by atoms with Crippen molar-refractivity contribution >= 4 is 17.5 Å². The average Bonchev–Trinajstić information content (AvgIpc) is 2.48. The number of hydrogen-bond acceptors (Lipinski definition) is 2. The third kappa shape index (κ3) is 3.33. The summed E-state index contributed by atoms with van der Waals surface area (Å²) in [7, 11) is 0. The number of rotatable bonds is 4. The van der Waals surface area contributed by atoms with E-state index < -0.39 is 0 Å². The molecule has 0 spiro atoms. The first-order valence-corrected chi connectivity index (χ1v) is 7.72. The van der Waals surface area contributed by atoms with Gasteiger partial charge in [-0.25, -0.2) is 0 Å². The highest BCUT2D eigenvalue weighted by Gasteiger charge is 2.38. The quantitative estimate of drug-likeness (QED) is 0.894. The van der Waals surface area contributed by atoms with E-state index in [1.807, 2.05) is 31.2 Å². The van der Waals surface area contributed by atoms with Crippen LogP contribution in [-0.4, -0.2) is 19.0 Å². The van der Waals surface area contributed by atoms with E-state index in [1.165, 1.54) is 0 Å². The first kappa shape index (κ1) is 15.3. The summed E-state index contributed by atoms with van der Waals surface area (Å²) in [5, 5.41) is 7.21. The summed E-state index contributed by atoms with van der Waals surface area (Å²) in [5.41, 5.74) is 0.884. The Labute approximate surface area is 126 Å². The van der Waals surface area contributed by atoms with Crippen molar-refractivity contribution in [3.05, 3.63) is 34.9 Å². The smallest absolute Gasteiger partial charge is 0.226 e. The fourth-order valence-corrected chi connectivity index (χ4v) is 2.96. The summed E-state index contributed by atoms with van der Waals surface area (Å²) in [6, 6.07) is 7.67. The molecule has 2 rings (SSSR count). The number of halogens is 1. The third-order valence-corrected chi connectivity index (χ3v) is 4.69. The molecule has 1 atom stereocenters. The molecule has 0 radical (unpaired) electrons. The molecule has 2 N–H and O–H groups in total. The van der Waals surface area contributed by atoms with Crippen LogP contribution in [0.2, 0.25) is 5.02 Å². The van der Waals surface area contributed by atoms with E-state index in [1.54, 1.807) is 0 Å². The second kappa shape index (κ2) is 6.59. The van der Waals surface area contributed by atoms with Gasteiger partial charge in [0.2, 0.25) is 5.91 Å². The van der Waals surface area contributed by atoms with Gasteiger partial charge in [-0.2, -0.15) is 0 Å². The molecule has 1 aliphatic heterocycles. The van der Waals surface area contributed by atoms with E-state index in [-0.39, 0.29) is 17.4 Å². The second-order valence-electron chi connectivity index (χ2n) is 5.63. The molecule has 1 aromatic rings. The molecular formula is C16H23ClN2O. The number of piperidine rings is 1. The van der Waals surface area contributed by atoms with Crippen molar-refractivity contribution in [2.75, 3.05) is 13.1 Å². The molecule has 0 saturated carbocycles. The lowest BCUT2D eigenvalue weighted by molar-refractivity contribution is -0.133. The molecule has 1 saturated heterocycles. The predicted octanol–water partition coefficient (Wildman–Crippen LogP) is 3.30. The van der Waals surface area contributed by atoms with Crippen molar-refractivity contribution in [2.45, 2.75) is 39.2 Å². The minimum Gasteiger partial charge on any atom is -0.349 e. The third-order valence-electron chi connectivity index (χ3n) is 4.44. The summed E-state index contributed by atoms with van der Waals surface area (Å²) in [5.74, 6) is 0.184. The Balaban J connectivity index is 2.04. The van der Waals surface area contributed by atoms with E-state index in [0.29, 0.717) is 0 Å². The van der Waals surface area contributed by atoms with Crippen LogP contribution in [0.1, 0.15) is 44.7 Å². The zero-order chi connectivity index (χ0) is 14.6. The Bertz CT molecular complexity index is 452. The molecule has 0 bridgehead atoms. The highest BCUT2D eigenvalue weighted by Crippen LogP contribution is 2.33. The maximum absolute atomic E-state index is 12.6. The molecule has 1 heterocycles. The van der Waals surface area contributed by atoms with Crippen molar-refractivity contribution in [1.82, 2.24) is 10.6 Å². The van der Waals surface area contributed by atoms with E-state index in [9.17, 15) is 4.79 Å². The lowest BCUT2D eigenvalue weighted by Gasteiger charge is -2.36. The van der Waals surface area contributed by atoms with Crippen LogP contribution in [0.4, 0.5) is 0 Å². The summed E-state index contributed by atoms with van der Waals surface area (Å²) in [4.78, 5) is 12.6. The van der Waals surface area contributed by atoms with Crippen molar-refractivity contribution in [3.63, 3.8) is 0 Å². The Hall–Kier alpha value is -1.06. The second-order valence-corrected chi connectivity index (χ2v) is 6.07. The molecule has 4 heteroatoms. The molecule has 110 valence electrons. The van der Waals surface area contributed by atoms with Crippen molar-refractivity contribution in [2.24, 2.45) is 5.41 Å². The van der Waals surface area contributed by atoms with Gasteiger partial charge in [0.05, 0.1) is 11.5 Å². The summed E-state index contributed by atoms with van der Waals surface area (Å²) >= 11 is 5.89. The first-order chi connectivity index (χ1) is 9.57. The number of carbonyl (C=O) groups is 1. The van der Waals surface area contributed by atoms with Crippen molar-refractivity contribution in [3.8, 4) is 0 Å². The van der Waals surface area contributed by atoms with Crippen LogP contribution in [0.25, 0.3) is 0 Å². The number of nitrogens with one attached hydrogen (secondary N) is 2. The minimum atomic E-state index is -0.202. The van der Waals surface area contributed by atoms with Gasteiger partial charge in [0, 0.05) is 5.02 Å². The zero-order valence-corrected chi connectivity index (χ0v) is 13.0. The number of hydrogen-bond donors (Lipinski definition) is 2. The molecule has 0 aromatic heterocycles. The molecule has 0 unspecified atom stereocenters. The fraction of sp³-hybridized carbons (Fsp3) is 0.562. The SMILES string of the molecule is CCC1(C(=O)N[C@H](C)c2ccc(Cl)cc2)CCNCC1. The molecular weight excluding hydrogens is 272 g/mol. The van der Waals surface area contributed by atoms with Crippen LogP contribution in [0, 0.1) is 5.41 Å². The molecule has 1 fully saturated rings. The van der Waals surface area contributed by atoms with Gasteiger partial charge < -0.3 is 10.6 Å². The van der Waals surface area contributed by atoms with Crippen LogP contribution in [-0.2, 0) is 4.79 Å². The van der Waals surface area contributed by atoms with Gasteiger partial charge in [-0.3, -0.25) is 4.79 Å². The van der Waals surface area contributed by atoms with Crippen LogP contribution in [0.5, 0.6) is 0 Å². The first-order valence-electron chi connectivity index (χ1n) is 7.34. The van der Waals surface area contributed by atoms with Gasteiger partial charge in [0.15, 0.2) is 0 Å². The van der Waals surface area contributed by atoms with Gasteiger partial charge in [-0.15, -0.1) is 0 Å². The van der Waals surface area contributed by atoms with E-state index in [2.05, 4.69) is 17.6 Å². The van der Waals surface area contributed by atoms with Gasteiger partial charge in [-0.1, -0.05) is 30.7 Å². The van der Waals surface area contributed by atoms with Gasteiger partial charge >= 0.3 is 0 Å². The minimum absolute atomic E-state index is 0.0121. The molecule has 20 heavy (non-hydrogen) atoms.